The molecular formula is C25H34N6O4. The van der Waals surface area contributed by atoms with Crippen LogP contribution in [0, 0.1) is 5.92 Å². The van der Waals surface area contributed by atoms with E-state index in [0.29, 0.717) is 69.5 Å². The fourth-order valence-electron chi connectivity index (χ4n) is 4.38. The van der Waals surface area contributed by atoms with E-state index in [1.165, 1.54) is 0 Å². The third kappa shape index (κ3) is 5.64. The van der Waals surface area contributed by atoms with Gasteiger partial charge in [0.2, 0.25) is 0 Å². The number of carbonyl (C=O) groups excluding carboxylic acids is 1. The maximum Gasteiger partial charge on any atom is 0.409 e. The minimum absolute atomic E-state index is 0.284. The molecule has 3 heterocycles. The van der Waals surface area contributed by atoms with Gasteiger partial charge < -0.3 is 14.2 Å². The number of aromatic amines is 1. The molecule has 188 valence electrons. The first kappa shape index (κ1) is 24.7. The average Bonchev–Trinajstić information content (AvgIpc) is 3.20. The number of aryl methyl sites for hydroxylation is 1. The third-order valence-electron chi connectivity index (χ3n) is 6.34. The first-order chi connectivity index (χ1) is 16.9. The van der Waals surface area contributed by atoms with E-state index in [1.807, 2.05) is 34.9 Å². The zero-order valence-electron chi connectivity index (χ0n) is 20.7. The number of ether oxygens (including phenoxy) is 1. The predicted octanol–water partition coefficient (Wildman–Crippen LogP) is 2.25. The van der Waals surface area contributed by atoms with Crippen LogP contribution in [0.15, 0.2) is 39.9 Å². The van der Waals surface area contributed by atoms with Gasteiger partial charge in [0.1, 0.15) is 5.82 Å². The van der Waals surface area contributed by atoms with Gasteiger partial charge in [-0.15, -0.1) is 0 Å². The normalized spacial score (nSPS) is 14.7. The number of carbonyl (C=O) groups is 1. The smallest absolute Gasteiger partial charge is 0.409 e. The average molecular weight is 483 g/mol. The monoisotopic (exact) mass is 482 g/mol. The van der Waals surface area contributed by atoms with Crippen molar-refractivity contribution in [2.45, 2.75) is 46.8 Å². The number of piperazine rings is 1. The zero-order chi connectivity index (χ0) is 24.9. The SMILES string of the molecule is CCOC(=O)N1CCN(Cc2nc3c(c(=O)[nH]c(=O)n3Cc3ccccc3)n2CCC(C)C)CC1. The molecule has 1 aliphatic rings. The maximum absolute atomic E-state index is 13.0. The van der Waals surface area contributed by atoms with Gasteiger partial charge >= 0.3 is 11.8 Å². The van der Waals surface area contributed by atoms with Gasteiger partial charge in [0.15, 0.2) is 11.2 Å². The molecule has 10 heteroatoms. The minimum Gasteiger partial charge on any atom is -0.450 e. The number of H-pyrrole nitrogens is 1. The van der Waals surface area contributed by atoms with E-state index in [0.717, 1.165) is 17.8 Å². The van der Waals surface area contributed by atoms with Gasteiger partial charge in [0.05, 0.1) is 19.7 Å². The quantitative estimate of drug-likeness (QED) is 0.528. The largest absolute Gasteiger partial charge is 0.450 e. The second-order valence-electron chi connectivity index (χ2n) is 9.33. The third-order valence-corrected chi connectivity index (χ3v) is 6.34. The number of fused-ring (bicyclic) bond motifs is 1. The van der Waals surface area contributed by atoms with Crippen molar-refractivity contribution in [2.24, 2.45) is 5.92 Å². The Morgan fingerprint density at radius 3 is 2.43 bits per heavy atom. The number of nitrogens with zero attached hydrogens (tertiary/aromatic N) is 5. The summed E-state index contributed by atoms with van der Waals surface area (Å²) in [6.45, 7) is 10.4. The second-order valence-corrected chi connectivity index (χ2v) is 9.33. The molecule has 0 unspecified atom stereocenters. The predicted molar refractivity (Wildman–Crippen MR) is 133 cm³/mol. The van der Waals surface area contributed by atoms with Crippen LogP contribution < -0.4 is 11.2 Å². The van der Waals surface area contributed by atoms with Crippen molar-refractivity contribution in [2.75, 3.05) is 32.8 Å². The van der Waals surface area contributed by atoms with E-state index < -0.39 is 11.2 Å². The van der Waals surface area contributed by atoms with Crippen molar-refractivity contribution in [3.63, 3.8) is 0 Å². The number of hydrogen-bond donors (Lipinski definition) is 1. The fraction of sp³-hybridized carbons (Fsp3) is 0.520. The topological polar surface area (TPSA) is 105 Å². The number of aromatic nitrogens is 4. The Labute approximate surface area is 204 Å². The zero-order valence-corrected chi connectivity index (χ0v) is 20.7. The van der Waals surface area contributed by atoms with Crippen LogP contribution in [0.25, 0.3) is 11.2 Å². The number of amides is 1. The summed E-state index contributed by atoms with van der Waals surface area (Å²) in [5, 5.41) is 0. The van der Waals surface area contributed by atoms with Gasteiger partial charge in [-0.3, -0.25) is 19.2 Å². The molecule has 1 fully saturated rings. The lowest BCUT2D eigenvalue weighted by Gasteiger charge is -2.33. The summed E-state index contributed by atoms with van der Waals surface area (Å²) in [6, 6.07) is 9.67. The highest BCUT2D eigenvalue weighted by Gasteiger charge is 2.25. The Balaban J connectivity index is 1.67. The molecule has 1 N–H and O–H groups in total. The molecule has 1 saturated heterocycles. The Morgan fingerprint density at radius 2 is 1.77 bits per heavy atom. The molecule has 35 heavy (non-hydrogen) atoms. The van der Waals surface area contributed by atoms with Crippen molar-refractivity contribution in [3.8, 4) is 0 Å². The molecule has 0 aliphatic carbocycles. The number of benzene rings is 1. The van der Waals surface area contributed by atoms with Crippen LogP contribution in [-0.4, -0.2) is 67.8 Å². The fourth-order valence-corrected chi connectivity index (χ4v) is 4.38. The molecule has 2 aromatic heterocycles. The van der Waals surface area contributed by atoms with Crippen LogP contribution in [0.2, 0.25) is 0 Å². The van der Waals surface area contributed by atoms with Crippen LogP contribution in [0.3, 0.4) is 0 Å². The molecule has 1 aromatic carbocycles. The van der Waals surface area contributed by atoms with Crippen molar-refractivity contribution in [3.05, 3.63) is 62.6 Å². The molecule has 1 aliphatic heterocycles. The van der Waals surface area contributed by atoms with E-state index >= 15 is 0 Å². The molecular weight excluding hydrogens is 448 g/mol. The Hall–Kier alpha value is -3.40. The highest BCUT2D eigenvalue weighted by atomic mass is 16.6. The highest BCUT2D eigenvalue weighted by Crippen LogP contribution is 2.18. The van der Waals surface area contributed by atoms with Crippen molar-refractivity contribution < 1.29 is 9.53 Å². The number of nitrogens with one attached hydrogen (secondary N) is 1. The summed E-state index contributed by atoms with van der Waals surface area (Å²) in [5.41, 5.74) is 0.919. The van der Waals surface area contributed by atoms with Crippen LogP contribution in [0.4, 0.5) is 4.79 Å². The first-order valence-electron chi connectivity index (χ1n) is 12.3. The van der Waals surface area contributed by atoms with Gasteiger partial charge in [-0.1, -0.05) is 44.2 Å². The Kier molecular flexibility index (Phi) is 7.70. The second kappa shape index (κ2) is 10.9. The van der Waals surface area contributed by atoms with Crippen LogP contribution in [0.5, 0.6) is 0 Å². The first-order valence-corrected chi connectivity index (χ1v) is 12.3. The summed E-state index contributed by atoms with van der Waals surface area (Å²) in [4.78, 5) is 49.1. The van der Waals surface area contributed by atoms with Gasteiger partial charge in [0.25, 0.3) is 5.56 Å². The lowest BCUT2D eigenvalue weighted by molar-refractivity contribution is 0.0769. The molecule has 3 aromatic rings. The molecule has 4 rings (SSSR count). The van der Waals surface area contributed by atoms with Gasteiger partial charge in [-0.25, -0.2) is 14.6 Å². The summed E-state index contributed by atoms with van der Waals surface area (Å²) < 4.78 is 8.62. The molecule has 0 bridgehead atoms. The van der Waals surface area contributed by atoms with Crippen LogP contribution in [0.1, 0.15) is 38.6 Å². The van der Waals surface area contributed by atoms with Crippen molar-refractivity contribution in [1.29, 1.82) is 0 Å². The Bertz CT molecular complexity index is 1270. The minimum atomic E-state index is -0.463. The summed E-state index contributed by atoms with van der Waals surface area (Å²) >= 11 is 0. The lowest BCUT2D eigenvalue weighted by Crippen LogP contribution is -2.48. The molecule has 0 saturated carbocycles. The van der Waals surface area contributed by atoms with Gasteiger partial charge in [-0.2, -0.15) is 0 Å². The van der Waals surface area contributed by atoms with Crippen molar-refractivity contribution >= 4 is 17.3 Å². The number of hydrogen-bond acceptors (Lipinski definition) is 6. The molecule has 0 radical (unpaired) electrons. The number of imidazole rings is 1. The van der Waals surface area contributed by atoms with Gasteiger partial charge in [-0.05, 0) is 24.8 Å². The Morgan fingerprint density at radius 1 is 1.06 bits per heavy atom. The van der Waals surface area contributed by atoms with E-state index in [-0.39, 0.29) is 6.09 Å². The van der Waals surface area contributed by atoms with E-state index in [1.54, 1.807) is 16.4 Å². The van der Waals surface area contributed by atoms with Crippen molar-refractivity contribution in [1.82, 2.24) is 28.9 Å². The summed E-state index contributed by atoms with van der Waals surface area (Å²) in [5.74, 6) is 1.20. The van der Waals surface area contributed by atoms with Crippen LogP contribution in [-0.2, 0) is 24.4 Å². The lowest BCUT2D eigenvalue weighted by atomic mass is 10.1. The van der Waals surface area contributed by atoms with Gasteiger partial charge in [0, 0.05) is 32.7 Å². The van der Waals surface area contributed by atoms with Crippen LogP contribution >= 0.6 is 0 Å². The standard InChI is InChI=1S/C25H34N6O4/c1-4-35-25(34)29-14-12-28(13-15-29)17-20-26-22-21(30(20)11-10-18(2)3)23(32)27-24(33)31(22)16-19-8-6-5-7-9-19/h5-9,18H,4,10-17H2,1-3H3,(H,27,32,33). The molecule has 10 nitrogen and oxygen atoms in total. The molecule has 1 amide bonds. The number of rotatable bonds is 8. The highest BCUT2D eigenvalue weighted by molar-refractivity contribution is 5.71. The summed E-state index contributed by atoms with van der Waals surface area (Å²) in [7, 11) is 0. The molecule has 0 spiro atoms. The van der Waals surface area contributed by atoms with E-state index in [9.17, 15) is 14.4 Å². The summed E-state index contributed by atoms with van der Waals surface area (Å²) in [6.07, 6.45) is 0.597. The maximum atomic E-state index is 13.0. The molecule has 0 atom stereocenters. The van der Waals surface area contributed by atoms with E-state index in [2.05, 4.69) is 23.7 Å². The van der Waals surface area contributed by atoms with E-state index in [4.69, 9.17) is 9.72 Å².